The Labute approximate surface area is 179 Å². The van der Waals surface area contributed by atoms with E-state index < -0.39 is 15.7 Å². The van der Waals surface area contributed by atoms with Crippen molar-refractivity contribution < 1.29 is 22.3 Å². The lowest BCUT2D eigenvalue weighted by Crippen LogP contribution is -2.13. The summed E-state index contributed by atoms with van der Waals surface area (Å²) in [7, 11) is -2.33. The van der Waals surface area contributed by atoms with Gasteiger partial charge in [0.2, 0.25) is 0 Å². The number of sulfone groups is 1. The van der Waals surface area contributed by atoms with Crippen LogP contribution in [0.5, 0.6) is 0 Å². The van der Waals surface area contributed by atoms with E-state index in [2.05, 4.69) is 0 Å². The quantitative estimate of drug-likeness (QED) is 0.539. The lowest BCUT2D eigenvalue weighted by Gasteiger charge is -2.17. The number of fused-ring (bicyclic) bond motifs is 3. The van der Waals surface area contributed by atoms with Gasteiger partial charge in [-0.15, -0.1) is 0 Å². The number of benzene rings is 2. The Morgan fingerprint density at radius 3 is 2.60 bits per heavy atom. The highest BCUT2D eigenvalue weighted by molar-refractivity contribution is 7.91. The van der Waals surface area contributed by atoms with Crippen LogP contribution in [0.2, 0.25) is 5.02 Å². The molecule has 1 atom stereocenters. The van der Waals surface area contributed by atoms with Crippen LogP contribution in [0.1, 0.15) is 35.6 Å². The fraction of sp³-hybridized carbons (Fsp3) is 0.318. The summed E-state index contributed by atoms with van der Waals surface area (Å²) < 4.78 is 46.2. The molecule has 0 radical (unpaired) electrons. The minimum Gasteiger partial charge on any atom is -0.469 e. The lowest BCUT2D eigenvalue weighted by atomic mass is 10.0. The molecule has 2 aromatic carbocycles. The normalized spacial score (nSPS) is 16.1. The maximum absolute atomic E-state index is 14.4. The summed E-state index contributed by atoms with van der Waals surface area (Å²) in [6.45, 7) is 0.384. The average molecular weight is 450 g/mol. The molecule has 1 unspecified atom stereocenters. The van der Waals surface area contributed by atoms with E-state index in [0.29, 0.717) is 28.9 Å². The van der Waals surface area contributed by atoms with E-state index in [4.69, 9.17) is 16.3 Å². The summed E-state index contributed by atoms with van der Waals surface area (Å²) in [5, 5.41) is 1.19. The largest absolute Gasteiger partial charge is 0.469 e. The van der Waals surface area contributed by atoms with Gasteiger partial charge in [-0.05, 0) is 48.2 Å². The Hall–Kier alpha value is -2.38. The Balaban J connectivity index is 1.99. The second-order valence-corrected chi connectivity index (χ2v) is 10.1. The molecule has 0 aliphatic heterocycles. The molecule has 0 amide bonds. The van der Waals surface area contributed by atoms with Crippen LogP contribution < -0.4 is 0 Å². The molecule has 3 aromatic rings. The third-order valence-corrected chi connectivity index (χ3v) is 7.02. The number of hydrogen-bond donors (Lipinski definition) is 0. The third-order valence-electron chi connectivity index (χ3n) is 5.66. The Bertz CT molecular complexity index is 1250. The van der Waals surface area contributed by atoms with E-state index >= 15 is 0 Å². The first-order valence-corrected chi connectivity index (χ1v) is 11.8. The van der Waals surface area contributed by atoms with Crippen LogP contribution in [0.3, 0.4) is 0 Å². The van der Waals surface area contributed by atoms with Gasteiger partial charge in [-0.1, -0.05) is 23.7 Å². The van der Waals surface area contributed by atoms with Gasteiger partial charge in [-0.2, -0.15) is 0 Å². The second kappa shape index (κ2) is 7.71. The fourth-order valence-corrected chi connectivity index (χ4v) is 5.42. The first-order chi connectivity index (χ1) is 14.2. The maximum atomic E-state index is 14.4. The summed E-state index contributed by atoms with van der Waals surface area (Å²) in [4.78, 5) is 11.9. The molecule has 1 aliphatic rings. The molecule has 0 spiro atoms. The number of ether oxygens (including phenoxy) is 1. The number of hydrogen-bond acceptors (Lipinski definition) is 4. The minimum absolute atomic E-state index is 0.0438. The zero-order chi connectivity index (χ0) is 21.6. The zero-order valence-electron chi connectivity index (χ0n) is 16.6. The van der Waals surface area contributed by atoms with Crippen molar-refractivity contribution in [3.8, 4) is 0 Å². The molecule has 0 fully saturated rings. The number of carbonyl (C=O) groups is 1. The predicted molar refractivity (Wildman–Crippen MR) is 113 cm³/mol. The van der Waals surface area contributed by atoms with Crippen LogP contribution in [0, 0.1) is 5.82 Å². The van der Waals surface area contributed by atoms with Crippen molar-refractivity contribution in [1.29, 1.82) is 0 Å². The molecule has 1 aromatic heterocycles. The molecule has 0 saturated carbocycles. The number of halogens is 2. The number of rotatable bonds is 5. The van der Waals surface area contributed by atoms with Crippen molar-refractivity contribution in [1.82, 2.24) is 4.57 Å². The topological polar surface area (TPSA) is 65.4 Å². The number of methoxy groups -OCH3 is 1. The highest BCUT2D eigenvalue weighted by Gasteiger charge is 2.34. The van der Waals surface area contributed by atoms with Crippen molar-refractivity contribution in [2.45, 2.75) is 36.6 Å². The average Bonchev–Trinajstić information content (AvgIpc) is 3.22. The number of carbonyl (C=O) groups excluding carboxylic acids is 1. The van der Waals surface area contributed by atoms with Crippen LogP contribution in [-0.2, 0) is 32.3 Å². The monoisotopic (exact) mass is 449 g/mol. The minimum atomic E-state index is -3.68. The van der Waals surface area contributed by atoms with Crippen LogP contribution in [0.25, 0.3) is 10.9 Å². The van der Waals surface area contributed by atoms with Crippen molar-refractivity contribution >= 4 is 38.3 Å². The molecule has 4 rings (SSSR count). The predicted octanol–water partition coefficient (Wildman–Crippen LogP) is 4.48. The number of aryl methyl sites for hydroxylation is 1. The van der Waals surface area contributed by atoms with Crippen LogP contribution in [-0.4, -0.2) is 32.3 Å². The molecule has 158 valence electrons. The van der Waals surface area contributed by atoms with E-state index in [9.17, 15) is 17.6 Å². The maximum Gasteiger partial charge on any atom is 0.306 e. The Morgan fingerprint density at radius 2 is 1.97 bits per heavy atom. The highest BCUT2D eigenvalue weighted by atomic mass is 35.5. The SMILES string of the molecule is COC(=O)CC1CCc2c1n(Cc1ccc(Cl)cc1)c1c(S(C)(=O)=O)cc(F)cc21. The first-order valence-electron chi connectivity index (χ1n) is 9.55. The van der Waals surface area contributed by atoms with Gasteiger partial charge in [0.05, 0.1) is 23.9 Å². The smallest absolute Gasteiger partial charge is 0.306 e. The fourth-order valence-electron chi connectivity index (χ4n) is 4.39. The first kappa shape index (κ1) is 20.9. The molecular weight excluding hydrogens is 429 g/mol. The molecule has 1 aliphatic carbocycles. The second-order valence-electron chi connectivity index (χ2n) is 7.66. The molecule has 5 nitrogen and oxygen atoms in total. The molecule has 0 saturated heterocycles. The molecular formula is C22H21ClFNO4S. The molecule has 0 N–H and O–H groups in total. The van der Waals surface area contributed by atoms with E-state index in [1.165, 1.54) is 13.2 Å². The number of nitrogens with zero attached hydrogens (tertiary/aromatic N) is 1. The van der Waals surface area contributed by atoms with Gasteiger partial charge in [-0.25, -0.2) is 12.8 Å². The van der Waals surface area contributed by atoms with Crippen molar-refractivity contribution in [3.05, 3.63) is 64.1 Å². The van der Waals surface area contributed by atoms with Gasteiger partial charge in [0, 0.05) is 34.8 Å². The van der Waals surface area contributed by atoms with Gasteiger partial charge in [0.25, 0.3) is 0 Å². The van der Waals surface area contributed by atoms with E-state index in [1.54, 1.807) is 12.1 Å². The van der Waals surface area contributed by atoms with Crippen LogP contribution in [0.4, 0.5) is 4.39 Å². The molecule has 1 heterocycles. The summed E-state index contributed by atoms with van der Waals surface area (Å²) in [6, 6.07) is 9.74. The van der Waals surface area contributed by atoms with Crippen molar-refractivity contribution in [3.63, 3.8) is 0 Å². The van der Waals surface area contributed by atoms with Gasteiger partial charge < -0.3 is 9.30 Å². The molecule has 8 heteroatoms. The molecule has 0 bridgehead atoms. The van der Waals surface area contributed by atoms with Gasteiger partial charge in [-0.3, -0.25) is 4.79 Å². The van der Waals surface area contributed by atoms with Crippen LogP contribution >= 0.6 is 11.6 Å². The summed E-state index contributed by atoms with van der Waals surface area (Å²) in [6.07, 6.45) is 2.64. The van der Waals surface area contributed by atoms with E-state index in [1.807, 2.05) is 16.7 Å². The third kappa shape index (κ3) is 3.72. The van der Waals surface area contributed by atoms with Gasteiger partial charge >= 0.3 is 5.97 Å². The van der Waals surface area contributed by atoms with Gasteiger partial charge in [0.15, 0.2) is 9.84 Å². The standard InChI is InChI=1S/C22H21ClFNO4S/c1-29-20(26)9-14-5-8-17-18-10-16(24)11-19(30(2,27)28)22(18)25(21(14)17)12-13-3-6-15(23)7-4-13/h3-4,6-7,10-11,14H,5,8-9,12H2,1-2H3. The zero-order valence-corrected chi connectivity index (χ0v) is 18.2. The number of esters is 1. The van der Waals surface area contributed by atoms with Crippen LogP contribution in [0.15, 0.2) is 41.3 Å². The van der Waals surface area contributed by atoms with Crippen molar-refractivity contribution in [2.24, 2.45) is 0 Å². The number of aromatic nitrogens is 1. The highest BCUT2D eigenvalue weighted by Crippen LogP contribution is 2.44. The Kier molecular flexibility index (Phi) is 5.36. The molecule has 30 heavy (non-hydrogen) atoms. The van der Waals surface area contributed by atoms with Gasteiger partial charge in [0.1, 0.15) is 5.82 Å². The Morgan fingerprint density at radius 1 is 1.27 bits per heavy atom. The summed E-state index contributed by atoms with van der Waals surface area (Å²) in [5.74, 6) is -1.04. The summed E-state index contributed by atoms with van der Waals surface area (Å²) in [5.41, 5.74) is 3.18. The van der Waals surface area contributed by atoms with Crippen molar-refractivity contribution in [2.75, 3.05) is 13.4 Å². The lowest BCUT2D eigenvalue weighted by molar-refractivity contribution is -0.141. The van der Waals surface area contributed by atoms with E-state index in [-0.39, 0.29) is 23.2 Å². The van der Waals surface area contributed by atoms with E-state index in [0.717, 1.165) is 35.6 Å². The summed E-state index contributed by atoms with van der Waals surface area (Å²) >= 11 is 6.00.